The van der Waals surface area contributed by atoms with E-state index in [1.807, 2.05) is 6.07 Å². The number of hydrogen-bond acceptors (Lipinski definition) is 7. The number of nitrogens with one attached hydrogen (secondary N) is 1. The van der Waals surface area contributed by atoms with Gasteiger partial charge in [0.15, 0.2) is 6.10 Å². The normalized spacial score (nSPS) is 11.1. The van der Waals surface area contributed by atoms with Gasteiger partial charge in [-0.25, -0.2) is 4.79 Å². The summed E-state index contributed by atoms with van der Waals surface area (Å²) in [4.78, 5) is 35.4. The number of nitro groups is 1. The highest BCUT2D eigenvalue weighted by atomic mass is 32.2. The quantitative estimate of drug-likeness (QED) is 0.350. The molecule has 9 heteroatoms. The minimum absolute atomic E-state index is 0.0309. The fourth-order valence-corrected chi connectivity index (χ4v) is 2.71. The van der Waals surface area contributed by atoms with Crippen LogP contribution in [0.1, 0.15) is 22.8 Å². The summed E-state index contributed by atoms with van der Waals surface area (Å²) in [6, 6.07) is 12.3. The number of thioether (sulfide) groups is 1. The number of nitro benzene ring substituents is 1. The first-order chi connectivity index (χ1) is 12.9. The van der Waals surface area contributed by atoms with Crippen molar-refractivity contribution in [3.8, 4) is 6.07 Å². The first-order valence-corrected chi connectivity index (χ1v) is 8.93. The van der Waals surface area contributed by atoms with Crippen LogP contribution >= 0.6 is 11.8 Å². The van der Waals surface area contributed by atoms with E-state index in [1.165, 1.54) is 30.8 Å². The molecule has 0 radical (unpaired) electrons. The second kappa shape index (κ2) is 8.82. The maximum absolute atomic E-state index is 12.2. The molecule has 2 rings (SSSR count). The molecule has 27 heavy (non-hydrogen) atoms. The van der Waals surface area contributed by atoms with E-state index in [2.05, 4.69) is 5.32 Å². The Kier molecular flexibility index (Phi) is 6.51. The van der Waals surface area contributed by atoms with E-state index in [9.17, 15) is 19.7 Å². The summed E-state index contributed by atoms with van der Waals surface area (Å²) in [5, 5.41) is 22.6. The van der Waals surface area contributed by atoms with Crippen LogP contribution in [0.2, 0.25) is 0 Å². The Hall–Kier alpha value is -3.38. The zero-order chi connectivity index (χ0) is 20.0. The summed E-state index contributed by atoms with van der Waals surface area (Å²) in [5.41, 5.74) is 0.328. The average Bonchev–Trinajstić information content (AvgIpc) is 2.67. The smallest absolute Gasteiger partial charge is 0.339 e. The van der Waals surface area contributed by atoms with Crippen LogP contribution in [-0.4, -0.2) is 29.2 Å². The molecule has 8 nitrogen and oxygen atoms in total. The van der Waals surface area contributed by atoms with E-state index in [1.54, 1.807) is 30.5 Å². The monoisotopic (exact) mass is 385 g/mol. The van der Waals surface area contributed by atoms with Crippen LogP contribution in [0.15, 0.2) is 47.4 Å². The average molecular weight is 385 g/mol. The summed E-state index contributed by atoms with van der Waals surface area (Å²) in [7, 11) is 0. The highest BCUT2D eigenvalue weighted by Gasteiger charge is 2.22. The van der Waals surface area contributed by atoms with Crippen LogP contribution in [0, 0.1) is 21.4 Å². The second-order valence-corrected chi connectivity index (χ2v) is 6.19. The molecule has 0 aliphatic carbocycles. The van der Waals surface area contributed by atoms with Gasteiger partial charge in [-0.2, -0.15) is 5.26 Å². The number of hydrogen-bond donors (Lipinski definition) is 1. The van der Waals surface area contributed by atoms with E-state index in [0.29, 0.717) is 10.6 Å². The molecule has 0 fully saturated rings. The lowest BCUT2D eigenvalue weighted by Crippen LogP contribution is -2.30. The van der Waals surface area contributed by atoms with Crippen molar-refractivity contribution < 1.29 is 19.2 Å². The lowest BCUT2D eigenvalue weighted by Gasteiger charge is -2.14. The number of esters is 1. The van der Waals surface area contributed by atoms with Gasteiger partial charge < -0.3 is 10.1 Å². The van der Waals surface area contributed by atoms with Crippen molar-refractivity contribution in [2.75, 3.05) is 11.6 Å². The Labute approximate surface area is 159 Å². The highest BCUT2D eigenvalue weighted by Crippen LogP contribution is 2.28. The zero-order valence-electron chi connectivity index (χ0n) is 14.5. The molecule has 0 aromatic heterocycles. The number of benzene rings is 2. The fraction of sp³-hybridized carbons (Fsp3) is 0.167. The molecule has 0 aliphatic heterocycles. The summed E-state index contributed by atoms with van der Waals surface area (Å²) in [6.45, 7) is 1.37. The molecule has 2 aromatic carbocycles. The molecular formula is C18H15N3O5S. The molecule has 0 saturated carbocycles. The summed E-state index contributed by atoms with van der Waals surface area (Å²) >= 11 is 1.18. The molecule has 0 unspecified atom stereocenters. The number of para-hydroxylation sites is 1. The van der Waals surface area contributed by atoms with Gasteiger partial charge in [-0.15, -0.1) is 11.8 Å². The van der Waals surface area contributed by atoms with Crippen molar-refractivity contribution in [1.82, 2.24) is 0 Å². The van der Waals surface area contributed by atoms with Crippen molar-refractivity contribution in [2.24, 2.45) is 0 Å². The molecule has 0 saturated heterocycles. The Bertz CT molecular complexity index is 939. The fourth-order valence-electron chi connectivity index (χ4n) is 2.17. The van der Waals surface area contributed by atoms with E-state index in [-0.39, 0.29) is 16.8 Å². The number of amides is 1. The van der Waals surface area contributed by atoms with Crippen LogP contribution < -0.4 is 5.32 Å². The third kappa shape index (κ3) is 4.83. The van der Waals surface area contributed by atoms with Crippen LogP contribution in [0.4, 0.5) is 11.4 Å². The number of nitrogens with zero attached hydrogens (tertiary/aromatic N) is 2. The van der Waals surface area contributed by atoms with Crippen molar-refractivity contribution in [3.05, 3.63) is 63.7 Å². The number of carbonyl (C=O) groups excluding carboxylic acids is 2. The van der Waals surface area contributed by atoms with Crippen molar-refractivity contribution in [3.63, 3.8) is 0 Å². The lowest BCUT2D eigenvalue weighted by atomic mass is 10.2. The molecular weight excluding hydrogens is 370 g/mol. The minimum Gasteiger partial charge on any atom is -0.449 e. The molecule has 138 valence electrons. The summed E-state index contributed by atoms with van der Waals surface area (Å²) in [6.07, 6.45) is 0.523. The Balaban J connectivity index is 2.11. The van der Waals surface area contributed by atoms with Gasteiger partial charge in [0.2, 0.25) is 0 Å². The van der Waals surface area contributed by atoms with E-state index >= 15 is 0 Å². The maximum Gasteiger partial charge on any atom is 0.339 e. The van der Waals surface area contributed by atoms with Crippen molar-refractivity contribution >= 4 is 35.0 Å². The van der Waals surface area contributed by atoms with E-state index in [4.69, 9.17) is 10.00 Å². The summed E-state index contributed by atoms with van der Waals surface area (Å²) < 4.78 is 5.09. The standard InChI is InChI=1S/C18H15N3O5S/c1-11(17(22)20-14-6-4-3-5-13(14)10-19)26-18(23)12-7-8-16(27-2)15(9-12)21(24)25/h3-9,11H,1-2H3,(H,20,22)/t11-/m0/s1. The van der Waals surface area contributed by atoms with Crippen molar-refractivity contribution in [2.45, 2.75) is 17.9 Å². The first kappa shape index (κ1) is 19.9. The number of rotatable bonds is 6. The second-order valence-electron chi connectivity index (χ2n) is 5.34. The van der Waals surface area contributed by atoms with Crippen LogP contribution in [0.25, 0.3) is 0 Å². The largest absolute Gasteiger partial charge is 0.449 e. The highest BCUT2D eigenvalue weighted by molar-refractivity contribution is 7.98. The molecule has 1 amide bonds. The zero-order valence-corrected chi connectivity index (χ0v) is 15.3. The summed E-state index contributed by atoms with van der Waals surface area (Å²) in [5.74, 6) is -1.48. The predicted octanol–water partition coefficient (Wildman–Crippen LogP) is 3.37. The van der Waals surface area contributed by atoms with Gasteiger partial charge in [0.25, 0.3) is 11.6 Å². The molecule has 2 aromatic rings. The van der Waals surface area contributed by atoms with Gasteiger partial charge in [0, 0.05) is 6.07 Å². The van der Waals surface area contributed by atoms with Gasteiger partial charge in [-0.05, 0) is 37.4 Å². The third-order valence-electron chi connectivity index (χ3n) is 3.57. The molecule has 1 atom stereocenters. The third-order valence-corrected chi connectivity index (χ3v) is 4.35. The molecule has 0 heterocycles. The molecule has 0 bridgehead atoms. The number of nitriles is 1. The molecule has 0 aliphatic rings. The minimum atomic E-state index is -1.16. The number of carbonyl (C=O) groups is 2. The van der Waals surface area contributed by atoms with E-state index in [0.717, 1.165) is 6.07 Å². The lowest BCUT2D eigenvalue weighted by molar-refractivity contribution is -0.387. The van der Waals surface area contributed by atoms with Gasteiger partial charge in [0.05, 0.1) is 26.6 Å². The van der Waals surface area contributed by atoms with Gasteiger partial charge in [-0.1, -0.05) is 12.1 Å². The van der Waals surface area contributed by atoms with Crippen LogP contribution in [0.5, 0.6) is 0 Å². The van der Waals surface area contributed by atoms with Gasteiger partial charge >= 0.3 is 5.97 Å². The molecule has 0 spiro atoms. The van der Waals surface area contributed by atoms with Crippen LogP contribution in [0.3, 0.4) is 0 Å². The Morgan fingerprint density at radius 2 is 2.00 bits per heavy atom. The van der Waals surface area contributed by atoms with Crippen LogP contribution in [-0.2, 0) is 9.53 Å². The number of anilines is 1. The van der Waals surface area contributed by atoms with Crippen molar-refractivity contribution in [1.29, 1.82) is 5.26 Å². The Morgan fingerprint density at radius 3 is 2.63 bits per heavy atom. The number of ether oxygens (including phenoxy) is 1. The predicted molar refractivity (Wildman–Crippen MR) is 99.5 cm³/mol. The van der Waals surface area contributed by atoms with E-state index < -0.39 is 22.9 Å². The Morgan fingerprint density at radius 1 is 1.30 bits per heavy atom. The van der Waals surface area contributed by atoms with Gasteiger partial charge in [0.1, 0.15) is 6.07 Å². The topological polar surface area (TPSA) is 122 Å². The SMILES string of the molecule is CSc1ccc(C(=O)O[C@@H](C)C(=O)Nc2ccccc2C#N)cc1[N+](=O)[O-]. The van der Waals surface area contributed by atoms with Gasteiger partial charge in [-0.3, -0.25) is 14.9 Å². The molecule has 1 N–H and O–H groups in total. The first-order valence-electron chi connectivity index (χ1n) is 7.70. The maximum atomic E-state index is 12.2.